The molecule has 0 amide bonds. The highest BCUT2D eigenvalue weighted by molar-refractivity contribution is 5.95. The molecule has 0 saturated carbocycles. The molecule has 0 N–H and O–H groups in total. The van der Waals surface area contributed by atoms with Crippen LogP contribution in [0, 0.1) is 0 Å². The topological polar surface area (TPSA) is 31.0 Å². The number of nitrogens with zero attached hydrogens (tertiary/aromatic N) is 2. The van der Waals surface area contributed by atoms with Crippen LogP contribution in [0.2, 0.25) is 0 Å². The zero-order valence-electron chi connectivity index (χ0n) is 11.7. The van der Waals surface area contributed by atoms with Gasteiger partial charge in [0.25, 0.3) is 0 Å². The van der Waals surface area contributed by atoms with Crippen LogP contribution < -0.4 is 0 Å². The third kappa shape index (κ3) is 1.94. The van der Waals surface area contributed by atoms with Crippen LogP contribution in [-0.2, 0) is 7.05 Å². The van der Waals surface area contributed by atoms with Crippen LogP contribution in [0.4, 0.5) is 0 Å². The second-order valence-corrected chi connectivity index (χ2v) is 5.11. The molecule has 102 valence electrons. The number of hydrogen-bond donors (Lipinski definition) is 0. The summed E-state index contributed by atoms with van der Waals surface area (Å²) in [5.74, 6) is 0.790. The first-order valence-electron chi connectivity index (χ1n) is 6.89. The lowest BCUT2D eigenvalue weighted by Gasteiger charge is -1.93. The van der Waals surface area contributed by atoms with Crippen LogP contribution in [-0.4, -0.2) is 9.72 Å². The predicted octanol–water partition coefficient (Wildman–Crippen LogP) is 4.50. The molecule has 3 nitrogen and oxygen atoms in total. The third-order valence-electron chi connectivity index (χ3n) is 3.74. The lowest BCUT2D eigenvalue weighted by Crippen LogP contribution is -1.81. The molecule has 21 heavy (non-hydrogen) atoms. The molecule has 0 saturated heterocycles. The summed E-state index contributed by atoms with van der Waals surface area (Å²) in [5.41, 5.74) is 4.19. The Labute approximate surface area is 122 Å². The largest absolute Gasteiger partial charge is 0.356 e. The van der Waals surface area contributed by atoms with Crippen molar-refractivity contribution in [3.8, 4) is 22.6 Å². The maximum Gasteiger partial charge on any atom is 0.167 e. The molecular formula is C18H14N2O. The standard InChI is InChI=1S/C18H14N2O/c1-20-12-15(14-9-5-6-10-17(14)20)16-11-18(21-19-16)13-7-3-2-4-8-13/h2-12H,1H3. The quantitative estimate of drug-likeness (QED) is 0.539. The summed E-state index contributed by atoms with van der Waals surface area (Å²) < 4.78 is 7.62. The zero-order valence-corrected chi connectivity index (χ0v) is 11.7. The van der Waals surface area contributed by atoms with Gasteiger partial charge in [0.15, 0.2) is 5.76 Å². The first-order chi connectivity index (χ1) is 10.3. The maximum atomic E-state index is 5.50. The van der Waals surface area contributed by atoms with Gasteiger partial charge in [-0.1, -0.05) is 53.7 Å². The van der Waals surface area contributed by atoms with Crippen LogP contribution >= 0.6 is 0 Å². The molecule has 0 aliphatic rings. The normalized spacial score (nSPS) is 11.1. The van der Waals surface area contributed by atoms with Crippen LogP contribution in [0.5, 0.6) is 0 Å². The lowest BCUT2D eigenvalue weighted by atomic mass is 10.1. The summed E-state index contributed by atoms with van der Waals surface area (Å²) in [5, 5.41) is 5.43. The van der Waals surface area contributed by atoms with Crippen molar-refractivity contribution in [1.29, 1.82) is 0 Å². The second kappa shape index (κ2) is 4.63. The van der Waals surface area contributed by atoms with Gasteiger partial charge in [0.2, 0.25) is 0 Å². The highest BCUT2D eigenvalue weighted by Gasteiger charge is 2.13. The van der Waals surface area contributed by atoms with Gasteiger partial charge < -0.3 is 9.09 Å². The van der Waals surface area contributed by atoms with E-state index in [0.29, 0.717) is 0 Å². The van der Waals surface area contributed by atoms with E-state index < -0.39 is 0 Å². The molecule has 0 bridgehead atoms. The average molecular weight is 274 g/mol. The fourth-order valence-electron chi connectivity index (χ4n) is 2.69. The summed E-state index contributed by atoms with van der Waals surface area (Å²) in [6, 6.07) is 20.3. The van der Waals surface area contributed by atoms with E-state index in [1.807, 2.05) is 55.6 Å². The minimum atomic E-state index is 0.790. The molecule has 4 rings (SSSR count). The monoisotopic (exact) mass is 274 g/mol. The Hall–Kier alpha value is -2.81. The molecule has 2 aromatic carbocycles. The molecule has 0 fully saturated rings. The Morgan fingerprint density at radius 3 is 2.57 bits per heavy atom. The number of hydrogen-bond acceptors (Lipinski definition) is 2. The van der Waals surface area contributed by atoms with Crippen molar-refractivity contribution in [1.82, 2.24) is 9.72 Å². The predicted molar refractivity (Wildman–Crippen MR) is 83.9 cm³/mol. The fourth-order valence-corrected chi connectivity index (χ4v) is 2.69. The minimum Gasteiger partial charge on any atom is -0.356 e. The summed E-state index contributed by atoms with van der Waals surface area (Å²) in [6.07, 6.45) is 2.09. The smallest absolute Gasteiger partial charge is 0.167 e. The molecule has 4 aromatic rings. The Balaban J connectivity index is 1.85. The summed E-state index contributed by atoms with van der Waals surface area (Å²) >= 11 is 0. The molecule has 0 aliphatic carbocycles. The number of fused-ring (bicyclic) bond motifs is 1. The summed E-state index contributed by atoms with van der Waals surface area (Å²) in [4.78, 5) is 0. The first kappa shape index (κ1) is 12.0. The Bertz CT molecular complexity index is 903. The zero-order chi connectivity index (χ0) is 14.2. The van der Waals surface area contributed by atoms with Crippen molar-refractivity contribution in [2.45, 2.75) is 0 Å². The van der Waals surface area contributed by atoms with Crippen molar-refractivity contribution in [3.63, 3.8) is 0 Å². The van der Waals surface area contributed by atoms with Gasteiger partial charge in [0.05, 0.1) is 0 Å². The van der Waals surface area contributed by atoms with Crippen LogP contribution in [0.1, 0.15) is 0 Å². The fraction of sp³-hybridized carbons (Fsp3) is 0.0556. The van der Waals surface area contributed by atoms with Crippen molar-refractivity contribution >= 4 is 10.9 Å². The highest BCUT2D eigenvalue weighted by atomic mass is 16.5. The van der Waals surface area contributed by atoms with E-state index in [2.05, 4.69) is 28.1 Å². The van der Waals surface area contributed by atoms with Gasteiger partial charge in [-0.2, -0.15) is 0 Å². The Kier molecular flexibility index (Phi) is 2.64. The SMILES string of the molecule is Cn1cc(-c2cc(-c3ccccc3)on2)c2ccccc21. The van der Waals surface area contributed by atoms with Gasteiger partial charge in [-0.25, -0.2) is 0 Å². The van der Waals surface area contributed by atoms with Crippen molar-refractivity contribution in [2.24, 2.45) is 7.05 Å². The van der Waals surface area contributed by atoms with Gasteiger partial charge >= 0.3 is 0 Å². The molecule has 0 spiro atoms. The Morgan fingerprint density at radius 2 is 1.71 bits per heavy atom. The highest BCUT2D eigenvalue weighted by Crippen LogP contribution is 2.31. The van der Waals surface area contributed by atoms with Crippen LogP contribution in [0.3, 0.4) is 0 Å². The van der Waals surface area contributed by atoms with Gasteiger partial charge in [-0.05, 0) is 6.07 Å². The number of aromatic nitrogens is 2. The van der Waals surface area contributed by atoms with E-state index in [1.165, 1.54) is 10.9 Å². The lowest BCUT2D eigenvalue weighted by molar-refractivity contribution is 0.435. The van der Waals surface area contributed by atoms with E-state index in [-0.39, 0.29) is 0 Å². The van der Waals surface area contributed by atoms with Crippen LogP contribution in [0.25, 0.3) is 33.5 Å². The van der Waals surface area contributed by atoms with E-state index in [9.17, 15) is 0 Å². The van der Waals surface area contributed by atoms with E-state index >= 15 is 0 Å². The molecule has 0 aliphatic heterocycles. The van der Waals surface area contributed by atoms with E-state index in [1.54, 1.807) is 0 Å². The van der Waals surface area contributed by atoms with Crippen LogP contribution in [0.15, 0.2) is 71.4 Å². The van der Waals surface area contributed by atoms with E-state index in [0.717, 1.165) is 22.6 Å². The van der Waals surface area contributed by atoms with Gasteiger partial charge in [0.1, 0.15) is 5.69 Å². The Morgan fingerprint density at radius 1 is 0.952 bits per heavy atom. The van der Waals surface area contributed by atoms with Gasteiger partial charge in [-0.3, -0.25) is 0 Å². The molecular weight excluding hydrogens is 260 g/mol. The maximum absolute atomic E-state index is 5.50. The van der Waals surface area contributed by atoms with Crippen molar-refractivity contribution in [2.75, 3.05) is 0 Å². The molecule has 0 radical (unpaired) electrons. The number of rotatable bonds is 2. The molecule has 2 aromatic heterocycles. The van der Waals surface area contributed by atoms with Gasteiger partial charge in [-0.15, -0.1) is 0 Å². The molecule has 2 heterocycles. The summed E-state index contributed by atoms with van der Waals surface area (Å²) in [7, 11) is 2.05. The van der Waals surface area contributed by atoms with E-state index in [4.69, 9.17) is 4.52 Å². The second-order valence-electron chi connectivity index (χ2n) is 5.11. The molecule has 0 unspecified atom stereocenters. The van der Waals surface area contributed by atoms with Crippen molar-refractivity contribution < 1.29 is 4.52 Å². The number of benzene rings is 2. The van der Waals surface area contributed by atoms with Crippen molar-refractivity contribution in [3.05, 3.63) is 66.9 Å². The van der Waals surface area contributed by atoms with Gasteiger partial charge in [0, 0.05) is 41.3 Å². The first-order valence-corrected chi connectivity index (χ1v) is 6.89. The number of aryl methyl sites for hydroxylation is 1. The summed E-state index contributed by atoms with van der Waals surface area (Å²) in [6.45, 7) is 0. The minimum absolute atomic E-state index is 0.790. The third-order valence-corrected chi connectivity index (χ3v) is 3.74. The number of para-hydroxylation sites is 1. The average Bonchev–Trinajstić information content (AvgIpc) is 3.14. The molecule has 3 heteroatoms. The molecule has 0 atom stereocenters.